The molecule has 1 atom stereocenters. The number of benzene rings is 1. The van der Waals surface area contributed by atoms with E-state index in [9.17, 15) is 4.79 Å². The van der Waals surface area contributed by atoms with Crippen molar-refractivity contribution in [3.8, 4) is 5.75 Å². The first kappa shape index (κ1) is 15.8. The zero-order chi connectivity index (χ0) is 15.2. The molecule has 0 saturated heterocycles. The third-order valence-corrected chi connectivity index (χ3v) is 3.33. The summed E-state index contributed by atoms with van der Waals surface area (Å²) in [6.45, 7) is 3.44. The molecule has 6 heteroatoms. The second-order valence-electron chi connectivity index (χ2n) is 4.98. The van der Waals surface area contributed by atoms with E-state index in [4.69, 9.17) is 14.2 Å². The van der Waals surface area contributed by atoms with Crippen LogP contribution >= 0.6 is 0 Å². The van der Waals surface area contributed by atoms with Crippen LogP contribution in [0.15, 0.2) is 18.2 Å². The quantitative estimate of drug-likeness (QED) is 0.583. The fourth-order valence-corrected chi connectivity index (χ4v) is 2.12. The van der Waals surface area contributed by atoms with E-state index in [2.05, 4.69) is 10.6 Å². The van der Waals surface area contributed by atoms with Crippen molar-refractivity contribution < 1.29 is 19.0 Å². The highest BCUT2D eigenvalue weighted by molar-refractivity contribution is 5.98. The van der Waals surface area contributed by atoms with E-state index in [1.165, 1.54) is 0 Å². The Morgan fingerprint density at radius 3 is 2.95 bits per heavy atom. The third-order valence-electron chi connectivity index (χ3n) is 3.33. The number of ether oxygens (including phenoxy) is 3. The van der Waals surface area contributed by atoms with Gasteiger partial charge in [-0.3, -0.25) is 4.79 Å². The van der Waals surface area contributed by atoms with Crippen LogP contribution in [0.4, 0.5) is 5.69 Å². The van der Waals surface area contributed by atoms with Gasteiger partial charge in [-0.1, -0.05) is 0 Å². The molecule has 1 aromatic carbocycles. The van der Waals surface area contributed by atoms with Crippen LogP contribution in [0.3, 0.4) is 0 Å². The first-order valence-corrected chi connectivity index (χ1v) is 6.98. The molecule has 1 unspecified atom stereocenters. The Morgan fingerprint density at radius 1 is 1.48 bits per heavy atom. The number of rotatable bonds is 7. The van der Waals surface area contributed by atoms with Crippen LogP contribution in [0.5, 0.6) is 5.75 Å². The number of ketones is 1. The SMILES string of the molecule is COC(CNCC(=O)c1ccc2c(c1)NCC(C)O2)OC. The Kier molecular flexibility index (Phi) is 5.55. The molecule has 0 amide bonds. The number of Topliss-reactive ketones (excluding diaryl/α,β-unsaturated/α-hetero) is 1. The van der Waals surface area contributed by atoms with Gasteiger partial charge in [0.05, 0.1) is 18.8 Å². The van der Waals surface area contributed by atoms with Crippen LogP contribution < -0.4 is 15.4 Å². The summed E-state index contributed by atoms with van der Waals surface area (Å²) >= 11 is 0. The zero-order valence-corrected chi connectivity index (χ0v) is 12.6. The third kappa shape index (κ3) is 4.17. The molecule has 2 N–H and O–H groups in total. The van der Waals surface area contributed by atoms with Crippen molar-refractivity contribution in [1.82, 2.24) is 5.32 Å². The van der Waals surface area contributed by atoms with Gasteiger partial charge in [0.25, 0.3) is 0 Å². The van der Waals surface area contributed by atoms with Crippen molar-refractivity contribution in [3.63, 3.8) is 0 Å². The predicted octanol–water partition coefficient (Wildman–Crippen LogP) is 1.27. The number of carbonyl (C=O) groups is 1. The van der Waals surface area contributed by atoms with E-state index in [1.54, 1.807) is 20.3 Å². The minimum absolute atomic E-state index is 0.0178. The first-order valence-electron chi connectivity index (χ1n) is 6.98. The number of nitrogens with one attached hydrogen (secondary N) is 2. The minimum atomic E-state index is -0.349. The fraction of sp³-hybridized carbons (Fsp3) is 0.533. The molecule has 0 saturated carbocycles. The van der Waals surface area contributed by atoms with Crippen LogP contribution in [0.25, 0.3) is 0 Å². The van der Waals surface area contributed by atoms with E-state index in [0.717, 1.165) is 18.0 Å². The summed E-state index contributed by atoms with van der Waals surface area (Å²) in [6, 6.07) is 5.44. The van der Waals surface area contributed by atoms with Crippen LogP contribution in [0.1, 0.15) is 17.3 Å². The molecule has 116 valence electrons. The van der Waals surface area contributed by atoms with Crippen LogP contribution in [0, 0.1) is 0 Å². The maximum Gasteiger partial charge on any atom is 0.176 e. The van der Waals surface area contributed by atoms with Gasteiger partial charge in [-0.15, -0.1) is 0 Å². The van der Waals surface area contributed by atoms with Crippen molar-refractivity contribution in [1.29, 1.82) is 0 Å². The van der Waals surface area contributed by atoms with Gasteiger partial charge in [0.2, 0.25) is 0 Å². The van der Waals surface area contributed by atoms with Gasteiger partial charge in [-0.2, -0.15) is 0 Å². The van der Waals surface area contributed by atoms with Gasteiger partial charge in [0, 0.05) is 26.3 Å². The van der Waals surface area contributed by atoms with Gasteiger partial charge in [0.1, 0.15) is 11.9 Å². The fourth-order valence-electron chi connectivity index (χ4n) is 2.12. The molecule has 2 rings (SSSR count). The van der Waals surface area contributed by atoms with E-state index in [0.29, 0.717) is 12.1 Å². The van der Waals surface area contributed by atoms with Crippen molar-refractivity contribution >= 4 is 11.5 Å². The van der Waals surface area contributed by atoms with E-state index >= 15 is 0 Å². The zero-order valence-electron chi connectivity index (χ0n) is 12.6. The molecule has 0 bridgehead atoms. The van der Waals surface area contributed by atoms with Crippen LogP contribution in [0.2, 0.25) is 0 Å². The summed E-state index contributed by atoms with van der Waals surface area (Å²) in [5.74, 6) is 0.807. The summed E-state index contributed by atoms with van der Waals surface area (Å²) in [5, 5.41) is 6.28. The van der Waals surface area contributed by atoms with Crippen LogP contribution in [-0.4, -0.2) is 52.0 Å². The summed E-state index contributed by atoms with van der Waals surface area (Å²) in [6.07, 6.45) is -0.210. The molecule has 1 heterocycles. The van der Waals surface area contributed by atoms with Gasteiger partial charge >= 0.3 is 0 Å². The molecule has 6 nitrogen and oxygen atoms in total. The molecule has 0 aliphatic carbocycles. The Balaban J connectivity index is 1.91. The van der Waals surface area contributed by atoms with Gasteiger partial charge in [-0.25, -0.2) is 0 Å². The number of methoxy groups -OCH3 is 2. The summed E-state index contributed by atoms with van der Waals surface area (Å²) < 4.78 is 15.8. The minimum Gasteiger partial charge on any atom is -0.487 e. The average Bonchev–Trinajstić information content (AvgIpc) is 2.50. The molecule has 1 aromatic rings. The number of hydrogen-bond donors (Lipinski definition) is 2. The number of carbonyl (C=O) groups excluding carboxylic acids is 1. The van der Waals surface area contributed by atoms with Crippen molar-refractivity contribution in [2.45, 2.75) is 19.3 Å². The highest BCUT2D eigenvalue weighted by Gasteiger charge is 2.17. The van der Waals surface area contributed by atoms with Gasteiger partial charge < -0.3 is 24.8 Å². The van der Waals surface area contributed by atoms with E-state index < -0.39 is 0 Å². The lowest BCUT2D eigenvalue weighted by atomic mass is 10.1. The second-order valence-corrected chi connectivity index (χ2v) is 4.98. The molecule has 0 fully saturated rings. The number of anilines is 1. The summed E-state index contributed by atoms with van der Waals surface area (Å²) in [5.41, 5.74) is 1.52. The van der Waals surface area contributed by atoms with Gasteiger partial charge in [0.15, 0.2) is 12.1 Å². The maximum absolute atomic E-state index is 12.1. The molecule has 0 spiro atoms. The smallest absolute Gasteiger partial charge is 0.176 e. The largest absolute Gasteiger partial charge is 0.487 e. The number of hydrogen-bond acceptors (Lipinski definition) is 6. The summed E-state index contributed by atoms with van der Waals surface area (Å²) in [7, 11) is 3.13. The lowest BCUT2D eigenvalue weighted by Gasteiger charge is -2.25. The Morgan fingerprint density at radius 2 is 2.24 bits per heavy atom. The highest BCUT2D eigenvalue weighted by atomic mass is 16.7. The Labute approximate surface area is 124 Å². The lowest BCUT2D eigenvalue weighted by Crippen LogP contribution is -2.33. The Hall–Kier alpha value is -1.63. The monoisotopic (exact) mass is 294 g/mol. The first-order chi connectivity index (χ1) is 10.1. The van der Waals surface area contributed by atoms with E-state index in [-0.39, 0.29) is 24.7 Å². The Bertz CT molecular complexity index is 489. The maximum atomic E-state index is 12.1. The molecule has 0 radical (unpaired) electrons. The second kappa shape index (κ2) is 7.40. The molecular weight excluding hydrogens is 272 g/mol. The van der Waals surface area contributed by atoms with Crippen molar-refractivity contribution in [3.05, 3.63) is 23.8 Å². The predicted molar refractivity (Wildman–Crippen MR) is 80.0 cm³/mol. The summed E-state index contributed by atoms with van der Waals surface area (Å²) in [4.78, 5) is 12.1. The molecule has 21 heavy (non-hydrogen) atoms. The van der Waals surface area contributed by atoms with Crippen molar-refractivity contribution in [2.24, 2.45) is 0 Å². The number of fused-ring (bicyclic) bond motifs is 1. The lowest BCUT2D eigenvalue weighted by molar-refractivity contribution is -0.0983. The highest BCUT2D eigenvalue weighted by Crippen LogP contribution is 2.29. The normalized spacial score (nSPS) is 17.0. The average molecular weight is 294 g/mol. The molecular formula is C15H22N2O4. The van der Waals surface area contributed by atoms with Crippen molar-refractivity contribution in [2.75, 3.05) is 39.2 Å². The van der Waals surface area contributed by atoms with E-state index in [1.807, 2.05) is 19.1 Å². The topological polar surface area (TPSA) is 68.8 Å². The van der Waals surface area contributed by atoms with Gasteiger partial charge in [-0.05, 0) is 25.1 Å². The standard InChI is InChI=1S/C15H22N2O4/c1-10-7-17-12-6-11(4-5-14(12)21-10)13(18)8-16-9-15(19-2)20-3/h4-6,10,15-17H,7-9H2,1-3H3. The molecule has 0 aromatic heterocycles. The molecule has 1 aliphatic heterocycles. The molecule has 1 aliphatic rings. The van der Waals surface area contributed by atoms with Crippen LogP contribution in [-0.2, 0) is 9.47 Å².